The molecule has 0 aliphatic carbocycles. The fourth-order valence-corrected chi connectivity index (χ4v) is 1.53. The number of benzene rings is 1. The van der Waals surface area contributed by atoms with Crippen LogP contribution in [0.3, 0.4) is 0 Å². The maximum Gasteiger partial charge on any atom is 0.267 e. The lowest BCUT2D eigenvalue weighted by molar-refractivity contribution is 0.358. The molecule has 1 heterocycles. The van der Waals surface area contributed by atoms with Gasteiger partial charge in [0.1, 0.15) is 5.52 Å². The van der Waals surface area contributed by atoms with Crippen LogP contribution in [-0.4, -0.2) is 19.2 Å². The van der Waals surface area contributed by atoms with Gasteiger partial charge in [-0.3, -0.25) is 0 Å². The molecular weight excluding hydrogens is 202 g/mol. The molecule has 0 fully saturated rings. The number of aromatic nitrogens is 1. The van der Waals surface area contributed by atoms with Crippen molar-refractivity contribution < 1.29 is 13.9 Å². The zero-order valence-electron chi connectivity index (χ0n) is 7.79. The molecule has 0 saturated carbocycles. The number of fused-ring (bicyclic) bond motifs is 1. The Morgan fingerprint density at radius 2 is 2.07 bits per heavy atom. The highest BCUT2D eigenvalue weighted by Crippen LogP contribution is 2.34. The van der Waals surface area contributed by atoms with E-state index in [1.807, 2.05) is 0 Å². The van der Waals surface area contributed by atoms with Crippen LogP contribution in [-0.2, 0) is 0 Å². The van der Waals surface area contributed by atoms with Gasteiger partial charge in [-0.2, -0.15) is 0 Å². The van der Waals surface area contributed by atoms with Crippen LogP contribution in [0.25, 0.3) is 11.1 Å². The summed E-state index contributed by atoms with van der Waals surface area (Å²) in [6.45, 7) is 0. The van der Waals surface area contributed by atoms with Gasteiger partial charge in [-0.25, -0.2) is 0 Å². The van der Waals surface area contributed by atoms with Crippen molar-refractivity contribution in [3.63, 3.8) is 0 Å². The number of ether oxygens (including phenoxy) is 2. The quantitative estimate of drug-likeness (QED) is 0.775. The first kappa shape index (κ1) is 9.08. The molecule has 0 spiro atoms. The summed E-state index contributed by atoms with van der Waals surface area (Å²) < 4.78 is 15.6. The zero-order chi connectivity index (χ0) is 10.1. The molecular formula is C9H9NO3S. The summed E-state index contributed by atoms with van der Waals surface area (Å²) >= 11 is 4.88. The molecule has 2 aromatic rings. The van der Waals surface area contributed by atoms with Gasteiger partial charge in [-0.05, 0) is 24.4 Å². The zero-order valence-corrected chi connectivity index (χ0v) is 8.60. The lowest BCUT2D eigenvalue weighted by Crippen LogP contribution is -1.90. The fraction of sp³-hybridized carbons (Fsp3) is 0.222. The monoisotopic (exact) mass is 211 g/mol. The molecule has 0 amide bonds. The molecule has 0 radical (unpaired) electrons. The molecule has 0 aliphatic heterocycles. The lowest BCUT2D eigenvalue weighted by Gasteiger charge is -2.06. The number of oxazole rings is 1. The third kappa shape index (κ3) is 1.26. The van der Waals surface area contributed by atoms with Gasteiger partial charge >= 0.3 is 0 Å². The number of rotatable bonds is 2. The summed E-state index contributed by atoms with van der Waals surface area (Å²) in [6, 6.07) is 3.55. The first-order valence-corrected chi connectivity index (χ1v) is 4.41. The van der Waals surface area contributed by atoms with Crippen LogP contribution < -0.4 is 9.47 Å². The highest BCUT2D eigenvalue weighted by atomic mass is 32.1. The fourth-order valence-electron chi connectivity index (χ4n) is 1.34. The normalized spacial score (nSPS) is 10.4. The van der Waals surface area contributed by atoms with Crippen molar-refractivity contribution >= 4 is 23.3 Å². The van der Waals surface area contributed by atoms with E-state index in [0.29, 0.717) is 21.9 Å². The number of hydrogen-bond donors (Lipinski definition) is 1. The second-order valence-corrected chi connectivity index (χ2v) is 3.06. The Hall–Kier alpha value is -1.49. The highest BCUT2D eigenvalue weighted by Gasteiger charge is 2.11. The van der Waals surface area contributed by atoms with Crippen LogP contribution in [0.2, 0.25) is 0 Å². The van der Waals surface area contributed by atoms with Gasteiger partial charge in [0, 0.05) is 0 Å². The molecule has 2 rings (SSSR count). The molecule has 0 bridgehead atoms. The second kappa shape index (κ2) is 3.34. The largest absolute Gasteiger partial charge is 0.493 e. The smallest absolute Gasteiger partial charge is 0.267 e. The van der Waals surface area contributed by atoms with Crippen LogP contribution in [0.4, 0.5) is 0 Å². The van der Waals surface area contributed by atoms with E-state index in [1.165, 1.54) is 0 Å². The second-order valence-electron chi connectivity index (χ2n) is 2.69. The number of methoxy groups -OCH3 is 2. The number of aromatic amines is 1. The predicted molar refractivity (Wildman–Crippen MR) is 54.5 cm³/mol. The van der Waals surface area contributed by atoms with E-state index < -0.39 is 0 Å². The third-order valence-corrected chi connectivity index (χ3v) is 2.12. The van der Waals surface area contributed by atoms with Crippen molar-refractivity contribution in [1.29, 1.82) is 0 Å². The predicted octanol–water partition coefficient (Wildman–Crippen LogP) is 2.51. The van der Waals surface area contributed by atoms with Crippen molar-refractivity contribution in [1.82, 2.24) is 4.98 Å². The Morgan fingerprint density at radius 1 is 1.29 bits per heavy atom. The summed E-state index contributed by atoms with van der Waals surface area (Å²) in [7, 11) is 3.15. The Balaban J connectivity index is 2.82. The van der Waals surface area contributed by atoms with E-state index in [4.69, 9.17) is 26.1 Å². The summed E-state index contributed by atoms with van der Waals surface area (Å²) in [4.78, 5) is 3.22. The Morgan fingerprint density at radius 3 is 2.71 bits per heavy atom. The van der Waals surface area contributed by atoms with Crippen LogP contribution in [0.15, 0.2) is 16.5 Å². The van der Waals surface area contributed by atoms with Crippen molar-refractivity contribution in [3.05, 3.63) is 17.0 Å². The van der Waals surface area contributed by atoms with Crippen LogP contribution in [0.5, 0.6) is 11.5 Å². The SMILES string of the molecule is COc1ccc2oc(=S)[nH]c2c1OC. The van der Waals surface area contributed by atoms with Gasteiger partial charge in [-0.15, -0.1) is 0 Å². The molecule has 0 unspecified atom stereocenters. The van der Waals surface area contributed by atoms with Gasteiger partial charge in [0.2, 0.25) is 0 Å². The van der Waals surface area contributed by atoms with Crippen molar-refractivity contribution in [2.45, 2.75) is 0 Å². The minimum atomic E-state index is 0.326. The molecule has 5 heteroatoms. The summed E-state index contributed by atoms with van der Waals surface area (Å²) in [5, 5.41) is 0. The van der Waals surface area contributed by atoms with Gasteiger partial charge < -0.3 is 18.9 Å². The van der Waals surface area contributed by atoms with Crippen LogP contribution >= 0.6 is 12.2 Å². The number of nitrogens with one attached hydrogen (secondary N) is 1. The number of hydrogen-bond acceptors (Lipinski definition) is 4. The van der Waals surface area contributed by atoms with E-state index in [9.17, 15) is 0 Å². The van der Waals surface area contributed by atoms with E-state index in [-0.39, 0.29) is 0 Å². The molecule has 14 heavy (non-hydrogen) atoms. The third-order valence-electron chi connectivity index (χ3n) is 1.94. The molecule has 1 N–H and O–H groups in total. The summed E-state index contributed by atoms with van der Waals surface area (Å²) in [6.07, 6.45) is 0. The Kier molecular flexibility index (Phi) is 2.17. The van der Waals surface area contributed by atoms with E-state index >= 15 is 0 Å². The topological polar surface area (TPSA) is 47.4 Å². The standard InChI is InChI=1S/C9H9NO3S/c1-11-6-4-3-5-7(8(6)12-2)10-9(14)13-5/h3-4H,1-2H3,(H,10,14). The maximum absolute atomic E-state index is 5.23. The van der Waals surface area contributed by atoms with Gasteiger partial charge in [0.05, 0.1) is 14.2 Å². The van der Waals surface area contributed by atoms with E-state index in [2.05, 4.69) is 4.98 Å². The van der Waals surface area contributed by atoms with Gasteiger partial charge in [0.15, 0.2) is 17.1 Å². The Labute approximate surface area is 85.4 Å². The molecule has 1 aromatic heterocycles. The summed E-state index contributed by atoms with van der Waals surface area (Å²) in [5.74, 6) is 1.25. The van der Waals surface area contributed by atoms with Crippen molar-refractivity contribution in [3.8, 4) is 11.5 Å². The van der Waals surface area contributed by atoms with Crippen molar-refractivity contribution in [2.75, 3.05) is 14.2 Å². The van der Waals surface area contributed by atoms with Crippen LogP contribution in [0, 0.1) is 4.84 Å². The molecule has 0 aliphatic rings. The minimum absolute atomic E-state index is 0.326. The first-order chi connectivity index (χ1) is 6.76. The van der Waals surface area contributed by atoms with E-state index in [0.717, 1.165) is 5.52 Å². The van der Waals surface area contributed by atoms with E-state index in [1.54, 1.807) is 26.4 Å². The first-order valence-electron chi connectivity index (χ1n) is 4.00. The minimum Gasteiger partial charge on any atom is -0.493 e. The molecule has 74 valence electrons. The maximum atomic E-state index is 5.23. The van der Waals surface area contributed by atoms with Crippen molar-refractivity contribution in [2.24, 2.45) is 0 Å². The highest BCUT2D eigenvalue weighted by molar-refractivity contribution is 7.71. The molecule has 0 atom stereocenters. The molecule has 1 aromatic carbocycles. The number of H-pyrrole nitrogens is 1. The summed E-state index contributed by atoms with van der Waals surface area (Å²) in [5.41, 5.74) is 1.38. The molecule has 4 nitrogen and oxygen atoms in total. The average Bonchev–Trinajstić information content (AvgIpc) is 2.56. The van der Waals surface area contributed by atoms with Gasteiger partial charge in [0.25, 0.3) is 4.84 Å². The Bertz CT molecular complexity index is 514. The van der Waals surface area contributed by atoms with Gasteiger partial charge in [-0.1, -0.05) is 0 Å². The molecule has 0 saturated heterocycles. The van der Waals surface area contributed by atoms with Crippen LogP contribution in [0.1, 0.15) is 0 Å². The average molecular weight is 211 g/mol. The lowest BCUT2D eigenvalue weighted by atomic mass is 10.3.